The molecule has 106 valence electrons. The summed E-state index contributed by atoms with van der Waals surface area (Å²) in [6, 6.07) is 12.3. The van der Waals surface area contributed by atoms with Crippen molar-refractivity contribution in [1.29, 1.82) is 0 Å². The van der Waals surface area contributed by atoms with Crippen LogP contribution in [0.2, 0.25) is 0 Å². The molecule has 0 aliphatic rings. The van der Waals surface area contributed by atoms with E-state index in [1.807, 2.05) is 12.1 Å². The number of halogens is 1. The number of benzene rings is 2. The van der Waals surface area contributed by atoms with Crippen molar-refractivity contribution in [1.82, 2.24) is 5.43 Å². The van der Waals surface area contributed by atoms with Gasteiger partial charge in [0.1, 0.15) is 5.75 Å². The van der Waals surface area contributed by atoms with E-state index in [2.05, 4.69) is 66.1 Å². The Kier molecular flexibility index (Phi) is 5.01. The van der Waals surface area contributed by atoms with Gasteiger partial charge in [-0.2, -0.15) is 0 Å². The van der Waals surface area contributed by atoms with Crippen LogP contribution in [0.4, 0.5) is 0 Å². The van der Waals surface area contributed by atoms with Gasteiger partial charge in [0.2, 0.25) is 0 Å². The quantitative estimate of drug-likeness (QED) is 0.484. The number of aryl methyl sites for hydroxylation is 2. The van der Waals surface area contributed by atoms with Crippen LogP contribution < -0.4 is 16.0 Å². The minimum absolute atomic E-state index is 0.0206. The first-order chi connectivity index (χ1) is 9.58. The summed E-state index contributed by atoms with van der Waals surface area (Å²) < 4.78 is 6.50. The lowest BCUT2D eigenvalue weighted by molar-refractivity contribution is 0.414. The number of hydrogen-bond acceptors (Lipinski definition) is 3. The van der Waals surface area contributed by atoms with Crippen LogP contribution in [0.3, 0.4) is 0 Å². The van der Waals surface area contributed by atoms with Crippen molar-refractivity contribution in [3.05, 3.63) is 62.2 Å². The SMILES string of the molecule is COc1ccc(C(NN)c2cccc(C)c2I)c(C)c1. The Hall–Kier alpha value is -1.11. The molecule has 4 heteroatoms. The molecule has 0 heterocycles. The predicted molar refractivity (Wildman–Crippen MR) is 90.8 cm³/mol. The zero-order chi connectivity index (χ0) is 14.7. The highest BCUT2D eigenvalue weighted by Gasteiger charge is 2.18. The lowest BCUT2D eigenvalue weighted by Gasteiger charge is -2.21. The van der Waals surface area contributed by atoms with Gasteiger partial charge < -0.3 is 4.74 Å². The molecule has 2 rings (SSSR count). The number of methoxy groups -OCH3 is 1. The van der Waals surface area contributed by atoms with E-state index in [4.69, 9.17) is 10.6 Å². The van der Waals surface area contributed by atoms with Crippen molar-refractivity contribution in [2.45, 2.75) is 19.9 Å². The summed E-state index contributed by atoms with van der Waals surface area (Å²) in [5.41, 5.74) is 7.71. The highest BCUT2D eigenvalue weighted by Crippen LogP contribution is 2.30. The maximum Gasteiger partial charge on any atom is 0.119 e. The number of nitrogens with one attached hydrogen (secondary N) is 1. The van der Waals surface area contributed by atoms with Crippen LogP contribution in [0.25, 0.3) is 0 Å². The molecule has 0 radical (unpaired) electrons. The maximum atomic E-state index is 5.81. The maximum absolute atomic E-state index is 5.81. The highest BCUT2D eigenvalue weighted by atomic mass is 127. The molecule has 2 aromatic carbocycles. The molecule has 20 heavy (non-hydrogen) atoms. The Bertz CT molecular complexity index is 613. The minimum Gasteiger partial charge on any atom is -0.497 e. The van der Waals surface area contributed by atoms with Crippen LogP contribution in [0.5, 0.6) is 5.75 Å². The molecule has 0 amide bonds. The average Bonchev–Trinajstić information content (AvgIpc) is 2.45. The van der Waals surface area contributed by atoms with Crippen molar-refractivity contribution < 1.29 is 4.74 Å². The predicted octanol–water partition coefficient (Wildman–Crippen LogP) is 3.47. The molecule has 0 aliphatic heterocycles. The summed E-state index contributed by atoms with van der Waals surface area (Å²) in [6.45, 7) is 4.19. The summed E-state index contributed by atoms with van der Waals surface area (Å²) in [4.78, 5) is 0. The Morgan fingerprint density at radius 2 is 1.85 bits per heavy atom. The van der Waals surface area contributed by atoms with E-state index in [-0.39, 0.29) is 6.04 Å². The van der Waals surface area contributed by atoms with Gasteiger partial charge in [-0.25, -0.2) is 5.43 Å². The van der Waals surface area contributed by atoms with E-state index in [0.29, 0.717) is 0 Å². The van der Waals surface area contributed by atoms with Crippen LogP contribution in [0.1, 0.15) is 28.3 Å². The van der Waals surface area contributed by atoms with Crippen molar-refractivity contribution in [3.63, 3.8) is 0 Å². The van der Waals surface area contributed by atoms with Gasteiger partial charge in [-0.05, 0) is 70.8 Å². The third-order valence-electron chi connectivity index (χ3n) is 3.49. The third kappa shape index (κ3) is 2.97. The fourth-order valence-corrected chi connectivity index (χ4v) is 3.01. The molecule has 0 aromatic heterocycles. The van der Waals surface area contributed by atoms with Crippen LogP contribution >= 0.6 is 22.6 Å². The smallest absolute Gasteiger partial charge is 0.119 e. The minimum atomic E-state index is -0.0206. The first-order valence-corrected chi connectivity index (χ1v) is 7.52. The molecule has 0 bridgehead atoms. The molecular weight excluding hydrogens is 363 g/mol. The molecule has 2 aromatic rings. The number of rotatable bonds is 4. The van der Waals surface area contributed by atoms with Gasteiger partial charge in [0.05, 0.1) is 13.2 Å². The second-order valence-electron chi connectivity index (χ2n) is 4.80. The van der Waals surface area contributed by atoms with Crippen LogP contribution in [0.15, 0.2) is 36.4 Å². The zero-order valence-corrected chi connectivity index (χ0v) is 14.1. The van der Waals surface area contributed by atoms with Gasteiger partial charge >= 0.3 is 0 Å². The average molecular weight is 382 g/mol. The van der Waals surface area contributed by atoms with E-state index in [0.717, 1.165) is 16.9 Å². The van der Waals surface area contributed by atoms with Crippen LogP contribution in [0, 0.1) is 17.4 Å². The normalized spacial score (nSPS) is 12.2. The van der Waals surface area contributed by atoms with Crippen molar-refractivity contribution >= 4 is 22.6 Å². The summed E-state index contributed by atoms with van der Waals surface area (Å²) in [5, 5.41) is 0. The number of hydrazine groups is 1. The monoisotopic (exact) mass is 382 g/mol. The fourth-order valence-electron chi connectivity index (χ4n) is 2.34. The summed E-state index contributed by atoms with van der Waals surface area (Å²) in [6.07, 6.45) is 0. The standard InChI is InChI=1S/C16H19IN2O/c1-10-5-4-6-14(15(10)17)16(19-18)13-8-7-12(20-3)9-11(13)2/h4-9,16,19H,18H2,1-3H3. The first-order valence-electron chi connectivity index (χ1n) is 6.44. The molecule has 3 nitrogen and oxygen atoms in total. The van der Waals surface area contributed by atoms with Gasteiger partial charge in [0, 0.05) is 3.57 Å². The van der Waals surface area contributed by atoms with E-state index in [9.17, 15) is 0 Å². The highest BCUT2D eigenvalue weighted by molar-refractivity contribution is 14.1. The topological polar surface area (TPSA) is 47.3 Å². The summed E-state index contributed by atoms with van der Waals surface area (Å²) >= 11 is 2.38. The van der Waals surface area contributed by atoms with Crippen molar-refractivity contribution in [3.8, 4) is 5.75 Å². The molecule has 1 unspecified atom stereocenters. The molecule has 0 fully saturated rings. The zero-order valence-electron chi connectivity index (χ0n) is 11.9. The van der Waals surface area contributed by atoms with Gasteiger partial charge in [-0.3, -0.25) is 5.84 Å². The summed E-state index contributed by atoms with van der Waals surface area (Å²) in [5.74, 6) is 6.67. The molecular formula is C16H19IN2O. The van der Waals surface area contributed by atoms with E-state index in [1.54, 1.807) is 7.11 Å². The number of nitrogens with two attached hydrogens (primary N) is 1. The second kappa shape index (κ2) is 6.56. The van der Waals surface area contributed by atoms with Gasteiger partial charge in [0.25, 0.3) is 0 Å². The number of ether oxygens (including phenoxy) is 1. The third-order valence-corrected chi connectivity index (χ3v) is 4.96. The Labute approximate surface area is 133 Å². The van der Waals surface area contributed by atoms with E-state index in [1.165, 1.54) is 14.7 Å². The molecule has 0 spiro atoms. The van der Waals surface area contributed by atoms with Crippen LogP contribution in [-0.2, 0) is 0 Å². The Morgan fingerprint density at radius 3 is 2.45 bits per heavy atom. The Balaban J connectivity index is 2.50. The van der Waals surface area contributed by atoms with Crippen LogP contribution in [-0.4, -0.2) is 7.11 Å². The number of hydrogen-bond donors (Lipinski definition) is 2. The molecule has 1 atom stereocenters. The largest absolute Gasteiger partial charge is 0.497 e. The second-order valence-corrected chi connectivity index (χ2v) is 5.88. The molecule has 0 saturated carbocycles. The van der Waals surface area contributed by atoms with E-state index >= 15 is 0 Å². The lowest BCUT2D eigenvalue weighted by Crippen LogP contribution is -2.30. The van der Waals surface area contributed by atoms with Gasteiger partial charge in [-0.15, -0.1) is 0 Å². The Morgan fingerprint density at radius 1 is 1.10 bits per heavy atom. The molecule has 3 N–H and O–H groups in total. The summed E-state index contributed by atoms with van der Waals surface area (Å²) in [7, 11) is 1.68. The molecule has 0 aliphatic carbocycles. The lowest BCUT2D eigenvalue weighted by atomic mass is 9.94. The van der Waals surface area contributed by atoms with Gasteiger partial charge in [0.15, 0.2) is 0 Å². The molecule has 0 saturated heterocycles. The first kappa shape index (κ1) is 15.3. The van der Waals surface area contributed by atoms with Gasteiger partial charge in [-0.1, -0.05) is 24.3 Å². The van der Waals surface area contributed by atoms with E-state index < -0.39 is 0 Å². The van der Waals surface area contributed by atoms with Crippen molar-refractivity contribution in [2.24, 2.45) is 5.84 Å². The fraction of sp³-hybridized carbons (Fsp3) is 0.250. The van der Waals surface area contributed by atoms with Crippen molar-refractivity contribution in [2.75, 3.05) is 7.11 Å².